The molecule has 1 aromatic heterocycles. The number of benzene rings is 2. The van der Waals surface area contributed by atoms with Crippen molar-refractivity contribution in [2.75, 3.05) is 13.1 Å². The van der Waals surface area contributed by atoms with Crippen molar-refractivity contribution in [2.45, 2.75) is 32.6 Å². The molecular formula is C28H26Cl2N4O2S. The van der Waals surface area contributed by atoms with E-state index in [2.05, 4.69) is 6.07 Å². The predicted molar refractivity (Wildman–Crippen MR) is 151 cm³/mol. The van der Waals surface area contributed by atoms with Gasteiger partial charge in [-0.2, -0.15) is 5.26 Å². The van der Waals surface area contributed by atoms with Gasteiger partial charge in [-0.25, -0.2) is 0 Å². The molecule has 2 aromatic carbocycles. The number of halogens is 2. The number of nitriles is 1. The monoisotopic (exact) mass is 552 g/mol. The van der Waals surface area contributed by atoms with Crippen molar-refractivity contribution in [3.8, 4) is 6.07 Å². The highest BCUT2D eigenvalue weighted by Crippen LogP contribution is 2.40. The normalized spacial score (nSPS) is 15.5. The third kappa shape index (κ3) is 4.97. The second kappa shape index (κ2) is 11.4. The third-order valence-electron chi connectivity index (χ3n) is 6.18. The second-order valence-corrected chi connectivity index (χ2v) is 10.5. The van der Waals surface area contributed by atoms with Crippen molar-refractivity contribution in [2.24, 2.45) is 5.73 Å². The van der Waals surface area contributed by atoms with Crippen LogP contribution in [0.15, 0.2) is 58.9 Å². The maximum Gasteiger partial charge on any atom is 0.274 e. The number of nitrogens with two attached hydrogens (primary N) is 1. The van der Waals surface area contributed by atoms with Gasteiger partial charge in [-0.05, 0) is 42.2 Å². The highest BCUT2D eigenvalue weighted by Gasteiger charge is 2.38. The van der Waals surface area contributed by atoms with Gasteiger partial charge in [0.1, 0.15) is 10.5 Å². The van der Waals surface area contributed by atoms with Crippen LogP contribution in [0.3, 0.4) is 0 Å². The summed E-state index contributed by atoms with van der Waals surface area (Å²) in [5.74, 6) is -1.06. The zero-order valence-electron chi connectivity index (χ0n) is 20.5. The second-order valence-electron chi connectivity index (χ2n) is 8.65. The van der Waals surface area contributed by atoms with Crippen molar-refractivity contribution < 1.29 is 4.79 Å². The van der Waals surface area contributed by atoms with Crippen LogP contribution in [0.25, 0.3) is 17.5 Å². The Balaban J connectivity index is 2.13. The standard InChI is InChI=1S/C28H26Cl2N4O2S/c1-3-13-33(14-4-2)27(36)24-23(18-10-6-8-12-21(18)30)19(16-31)25(32)34-26(35)22(37-28(24)34)15-17-9-5-7-11-20(17)29/h5-12,15,23H,3-4,13-14,32H2,1-2H3/b22-15+. The average molecular weight is 554 g/mol. The van der Waals surface area contributed by atoms with Crippen molar-refractivity contribution in [1.29, 1.82) is 5.26 Å². The molecule has 2 N–H and O–H groups in total. The first-order chi connectivity index (χ1) is 17.8. The number of thiazole rings is 1. The van der Waals surface area contributed by atoms with Gasteiger partial charge in [-0.3, -0.25) is 14.2 Å². The molecule has 9 heteroatoms. The zero-order chi connectivity index (χ0) is 26.7. The van der Waals surface area contributed by atoms with Gasteiger partial charge in [0, 0.05) is 23.1 Å². The van der Waals surface area contributed by atoms with Crippen molar-refractivity contribution in [3.63, 3.8) is 0 Å². The number of nitrogens with zero attached hydrogens (tertiary/aromatic N) is 3. The summed E-state index contributed by atoms with van der Waals surface area (Å²) in [6, 6.07) is 16.4. The summed E-state index contributed by atoms with van der Waals surface area (Å²) in [7, 11) is 0. The molecule has 1 atom stereocenters. The van der Waals surface area contributed by atoms with Gasteiger partial charge < -0.3 is 10.6 Å². The summed E-state index contributed by atoms with van der Waals surface area (Å²) in [6.45, 7) is 5.09. The van der Waals surface area contributed by atoms with Gasteiger partial charge in [-0.1, -0.05) is 73.4 Å². The Hall–Kier alpha value is -3.31. The number of amides is 1. The Kier molecular flexibility index (Phi) is 8.23. The molecule has 1 aliphatic heterocycles. The number of carbonyl (C=O) groups excluding carboxylic acids is 1. The van der Waals surface area contributed by atoms with Gasteiger partial charge in [-0.15, -0.1) is 11.3 Å². The molecule has 3 aromatic rings. The van der Waals surface area contributed by atoms with Gasteiger partial charge in [0.25, 0.3) is 11.5 Å². The van der Waals surface area contributed by atoms with E-state index in [1.165, 1.54) is 4.57 Å². The van der Waals surface area contributed by atoms with Crippen molar-refractivity contribution >= 4 is 57.9 Å². The predicted octanol–water partition coefficient (Wildman–Crippen LogP) is 4.29. The average Bonchev–Trinajstić information content (AvgIpc) is 3.21. The molecular weight excluding hydrogens is 527 g/mol. The lowest BCUT2D eigenvalue weighted by atomic mass is 9.83. The number of carbonyl (C=O) groups is 1. The molecule has 0 saturated heterocycles. The van der Waals surface area contributed by atoms with Gasteiger partial charge >= 0.3 is 0 Å². The minimum atomic E-state index is -0.811. The Morgan fingerprint density at radius 3 is 2.32 bits per heavy atom. The fraction of sp³-hybridized carbons (Fsp3) is 0.250. The van der Waals surface area contributed by atoms with Crippen LogP contribution in [0.2, 0.25) is 10.0 Å². The molecule has 6 nitrogen and oxygen atoms in total. The minimum absolute atomic E-state index is 0.00318. The first-order valence-electron chi connectivity index (χ1n) is 12.0. The van der Waals surface area contributed by atoms with Crippen LogP contribution >= 0.6 is 34.5 Å². The van der Waals surface area contributed by atoms with E-state index >= 15 is 0 Å². The molecule has 0 saturated carbocycles. The van der Waals surface area contributed by atoms with Gasteiger partial charge in [0.2, 0.25) is 0 Å². The Bertz CT molecular complexity index is 1610. The number of aromatic nitrogens is 1. The fourth-order valence-corrected chi connectivity index (χ4v) is 6.13. The SMILES string of the molecule is CCCN(CCC)C(=O)C1=c2s/c(=C/c3ccccc3Cl)c(=O)n2C(N)=C(C#N)C1c1ccccc1Cl. The summed E-state index contributed by atoms with van der Waals surface area (Å²) in [6.07, 6.45) is 3.21. The zero-order valence-corrected chi connectivity index (χ0v) is 22.8. The molecule has 37 heavy (non-hydrogen) atoms. The van der Waals surface area contributed by atoms with Crippen LogP contribution in [-0.4, -0.2) is 28.5 Å². The van der Waals surface area contributed by atoms with E-state index in [-0.39, 0.29) is 17.3 Å². The van der Waals surface area contributed by atoms with Crippen LogP contribution in [0, 0.1) is 11.3 Å². The van der Waals surface area contributed by atoms with E-state index in [4.69, 9.17) is 28.9 Å². The van der Waals surface area contributed by atoms with Crippen molar-refractivity contribution in [3.05, 3.63) is 94.8 Å². The van der Waals surface area contributed by atoms with Crippen molar-refractivity contribution in [1.82, 2.24) is 9.47 Å². The van der Waals surface area contributed by atoms with Crippen LogP contribution in [0.4, 0.5) is 0 Å². The van der Waals surface area contributed by atoms with Gasteiger partial charge in [0.15, 0.2) is 0 Å². The summed E-state index contributed by atoms with van der Waals surface area (Å²) >= 11 is 14.1. The fourth-order valence-electron chi connectivity index (χ4n) is 4.53. The number of hydrogen-bond donors (Lipinski definition) is 1. The maximum atomic E-state index is 14.2. The molecule has 4 rings (SSSR count). The molecule has 1 amide bonds. The number of hydrogen-bond acceptors (Lipinski definition) is 5. The third-order valence-corrected chi connectivity index (χ3v) is 7.98. The molecule has 190 valence electrons. The summed E-state index contributed by atoms with van der Waals surface area (Å²) in [5.41, 5.74) is 7.75. The lowest BCUT2D eigenvalue weighted by molar-refractivity contribution is -0.125. The lowest BCUT2D eigenvalue weighted by Gasteiger charge is -2.30. The number of allylic oxidation sites excluding steroid dienone is 1. The molecule has 0 spiro atoms. The molecule has 0 fully saturated rings. The molecule has 1 unspecified atom stereocenters. The van der Waals surface area contributed by atoms with Crippen LogP contribution in [-0.2, 0) is 4.79 Å². The van der Waals surface area contributed by atoms with E-state index in [9.17, 15) is 14.9 Å². The van der Waals surface area contributed by atoms with E-state index in [1.54, 1.807) is 53.4 Å². The smallest absolute Gasteiger partial charge is 0.274 e. The van der Waals surface area contributed by atoms with E-state index in [0.717, 1.165) is 24.2 Å². The highest BCUT2D eigenvalue weighted by molar-refractivity contribution is 7.07. The van der Waals surface area contributed by atoms with Crippen LogP contribution in [0.1, 0.15) is 43.7 Å². The van der Waals surface area contributed by atoms with Crippen LogP contribution in [0.5, 0.6) is 0 Å². The molecule has 1 aliphatic rings. The number of rotatable bonds is 7. The molecule has 0 aliphatic carbocycles. The molecule has 2 heterocycles. The molecule has 0 radical (unpaired) electrons. The Morgan fingerprint density at radius 1 is 1.11 bits per heavy atom. The lowest BCUT2D eigenvalue weighted by Crippen LogP contribution is -2.43. The van der Waals surface area contributed by atoms with E-state index in [0.29, 0.717) is 49.0 Å². The maximum absolute atomic E-state index is 14.2. The van der Waals surface area contributed by atoms with Gasteiger partial charge in [0.05, 0.1) is 27.7 Å². The summed E-state index contributed by atoms with van der Waals surface area (Å²) < 4.78 is 2.03. The number of fused-ring (bicyclic) bond motifs is 1. The quantitative estimate of drug-likeness (QED) is 0.473. The highest BCUT2D eigenvalue weighted by atomic mass is 35.5. The first-order valence-corrected chi connectivity index (χ1v) is 13.6. The topological polar surface area (TPSA) is 92.1 Å². The largest absolute Gasteiger partial charge is 0.384 e. The van der Waals surface area contributed by atoms with E-state index in [1.807, 2.05) is 19.9 Å². The van der Waals surface area contributed by atoms with E-state index < -0.39 is 11.5 Å². The first kappa shape index (κ1) is 26.7. The van der Waals surface area contributed by atoms with Crippen LogP contribution < -0.4 is 20.5 Å². The Morgan fingerprint density at radius 2 is 1.73 bits per heavy atom. The summed E-state index contributed by atoms with van der Waals surface area (Å²) in [5, 5.41) is 11.1. The molecule has 0 bridgehead atoms. The summed E-state index contributed by atoms with van der Waals surface area (Å²) in [4.78, 5) is 29.5. The minimum Gasteiger partial charge on any atom is -0.384 e. The Labute approximate surface area is 229 Å².